The molecular formula is C19H31NO3. The Morgan fingerprint density at radius 2 is 1.83 bits per heavy atom. The number of esters is 1. The predicted molar refractivity (Wildman–Crippen MR) is 94.4 cm³/mol. The van der Waals surface area contributed by atoms with Gasteiger partial charge in [-0.15, -0.1) is 0 Å². The van der Waals surface area contributed by atoms with Gasteiger partial charge in [0.05, 0.1) is 6.61 Å². The van der Waals surface area contributed by atoms with Crippen LogP contribution in [-0.2, 0) is 4.74 Å². The molecule has 23 heavy (non-hydrogen) atoms. The van der Waals surface area contributed by atoms with E-state index in [-0.39, 0.29) is 11.9 Å². The van der Waals surface area contributed by atoms with Gasteiger partial charge in [0.1, 0.15) is 17.9 Å². The van der Waals surface area contributed by atoms with Crippen LogP contribution in [0.4, 0.5) is 0 Å². The first-order chi connectivity index (χ1) is 10.7. The fourth-order valence-corrected chi connectivity index (χ4v) is 2.22. The molecule has 130 valence electrons. The van der Waals surface area contributed by atoms with Gasteiger partial charge < -0.3 is 14.4 Å². The van der Waals surface area contributed by atoms with Crippen LogP contribution in [0.3, 0.4) is 0 Å². The van der Waals surface area contributed by atoms with Gasteiger partial charge in [-0.1, -0.05) is 39.8 Å². The lowest BCUT2D eigenvalue weighted by atomic mass is 9.94. The van der Waals surface area contributed by atoms with Crippen molar-refractivity contribution in [3.8, 4) is 5.75 Å². The molecule has 0 radical (unpaired) electrons. The molecule has 4 nitrogen and oxygen atoms in total. The van der Waals surface area contributed by atoms with Crippen LogP contribution in [0.2, 0.25) is 0 Å². The Bertz CT molecular complexity index is 522. The third-order valence-corrected chi connectivity index (χ3v) is 3.55. The van der Waals surface area contributed by atoms with Crippen LogP contribution in [-0.4, -0.2) is 44.7 Å². The smallest absolute Gasteiger partial charge is 0.342 e. The molecule has 0 bridgehead atoms. The minimum atomic E-state index is -0.286. The Balaban J connectivity index is 3.14. The number of ether oxygens (including phenoxy) is 2. The van der Waals surface area contributed by atoms with Gasteiger partial charge in [0.2, 0.25) is 0 Å². The summed E-state index contributed by atoms with van der Waals surface area (Å²) in [5.74, 6) is 0.913. The Kier molecular flexibility index (Phi) is 7.56. The molecule has 0 N–H and O–H groups in total. The van der Waals surface area contributed by atoms with Crippen molar-refractivity contribution in [3.05, 3.63) is 28.8 Å². The fourth-order valence-electron chi connectivity index (χ4n) is 2.22. The highest BCUT2D eigenvalue weighted by atomic mass is 16.5. The van der Waals surface area contributed by atoms with Crippen LogP contribution >= 0.6 is 0 Å². The molecule has 0 saturated heterocycles. The zero-order valence-electron chi connectivity index (χ0n) is 15.6. The molecule has 0 fully saturated rings. The van der Waals surface area contributed by atoms with Gasteiger partial charge >= 0.3 is 5.97 Å². The molecular weight excluding hydrogens is 290 g/mol. The van der Waals surface area contributed by atoms with E-state index < -0.39 is 0 Å². The summed E-state index contributed by atoms with van der Waals surface area (Å²) in [4.78, 5) is 14.7. The summed E-state index contributed by atoms with van der Waals surface area (Å²) in [6.07, 6.45) is 0. The number of benzene rings is 1. The summed E-state index contributed by atoms with van der Waals surface area (Å²) >= 11 is 0. The van der Waals surface area contributed by atoms with Crippen molar-refractivity contribution in [2.45, 2.75) is 40.5 Å². The summed E-state index contributed by atoms with van der Waals surface area (Å²) in [5, 5.41) is 0. The van der Waals surface area contributed by atoms with E-state index in [9.17, 15) is 4.79 Å². The largest absolute Gasteiger partial charge is 0.491 e. The average Bonchev–Trinajstić information content (AvgIpc) is 2.45. The quantitative estimate of drug-likeness (QED) is 0.681. The van der Waals surface area contributed by atoms with Crippen LogP contribution in [0.1, 0.15) is 55.1 Å². The van der Waals surface area contributed by atoms with E-state index in [2.05, 4.69) is 18.7 Å². The zero-order valence-corrected chi connectivity index (χ0v) is 15.6. The van der Waals surface area contributed by atoms with Crippen LogP contribution in [0, 0.1) is 12.8 Å². The number of carbonyl (C=O) groups is 1. The van der Waals surface area contributed by atoms with Crippen molar-refractivity contribution in [2.75, 3.05) is 33.9 Å². The fraction of sp³-hybridized carbons (Fsp3) is 0.632. The Labute approximate surface area is 140 Å². The second kappa shape index (κ2) is 8.92. The van der Waals surface area contributed by atoms with Crippen LogP contribution in [0.15, 0.2) is 12.1 Å². The maximum absolute atomic E-state index is 12.6. The van der Waals surface area contributed by atoms with Gasteiger partial charge in [-0.2, -0.15) is 0 Å². The molecule has 0 heterocycles. The first-order valence-corrected chi connectivity index (χ1v) is 8.32. The second-order valence-electron chi connectivity index (χ2n) is 6.97. The number of hydrogen-bond acceptors (Lipinski definition) is 4. The SMILES string of the molecule is Cc1ccc(C(C)C)c(C(=O)OCC(C)C)c1OCCN(C)C. The topological polar surface area (TPSA) is 38.8 Å². The van der Waals surface area contributed by atoms with E-state index in [0.717, 1.165) is 17.7 Å². The molecule has 0 aliphatic carbocycles. The predicted octanol–water partition coefficient (Wildman–Crippen LogP) is 3.87. The van der Waals surface area contributed by atoms with Gasteiger partial charge in [0.25, 0.3) is 0 Å². The molecule has 0 saturated carbocycles. The molecule has 1 aromatic carbocycles. The van der Waals surface area contributed by atoms with E-state index >= 15 is 0 Å². The van der Waals surface area contributed by atoms with Crippen molar-refractivity contribution in [1.29, 1.82) is 0 Å². The van der Waals surface area contributed by atoms with E-state index in [1.165, 1.54) is 0 Å². The maximum Gasteiger partial charge on any atom is 0.342 e. The van der Waals surface area contributed by atoms with E-state index in [1.807, 2.05) is 47.0 Å². The number of rotatable bonds is 8. The van der Waals surface area contributed by atoms with E-state index in [1.54, 1.807) is 0 Å². The zero-order chi connectivity index (χ0) is 17.6. The summed E-state index contributed by atoms with van der Waals surface area (Å²) in [6, 6.07) is 4.02. The van der Waals surface area contributed by atoms with Gasteiger partial charge in [-0.3, -0.25) is 0 Å². The molecule has 0 aromatic heterocycles. The summed E-state index contributed by atoms with van der Waals surface area (Å²) in [6.45, 7) is 11.9. The molecule has 0 spiro atoms. The molecule has 0 amide bonds. The molecule has 0 unspecified atom stereocenters. The highest BCUT2D eigenvalue weighted by Crippen LogP contribution is 2.32. The molecule has 0 atom stereocenters. The van der Waals surface area contributed by atoms with Crippen molar-refractivity contribution in [3.63, 3.8) is 0 Å². The van der Waals surface area contributed by atoms with Crippen LogP contribution in [0.25, 0.3) is 0 Å². The standard InChI is InChI=1S/C19H31NO3/c1-13(2)12-23-19(21)17-16(14(3)4)9-8-15(5)18(17)22-11-10-20(6)7/h8-9,13-14H,10-12H2,1-7H3. The molecule has 1 aromatic rings. The molecule has 4 heteroatoms. The van der Waals surface area contributed by atoms with E-state index in [0.29, 0.717) is 30.4 Å². The third-order valence-electron chi connectivity index (χ3n) is 3.55. The first kappa shape index (κ1) is 19.5. The summed E-state index contributed by atoms with van der Waals surface area (Å²) in [7, 11) is 4.00. The highest BCUT2D eigenvalue weighted by molar-refractivity contribution is 5.95. The van der Waals surface area contributed by atoms with Crippen molar-refractivity contribution < 1.29 is 14.3 Å². The van der Waals surface area contributed by atoms with Crippen LogP contribution in [0.5, 0.6) is 5.75 Å². The Hall–Kier alpha value is -1.55. The molecule has 0 aliphatic heterocycles. The maximum atomic E-state index is 12.6. The second-order valence-corrected chi connectivity index (χ2v) is 6.97. The van der Waals surface area contributed by atoms with Gasteiger partial charge in [0, 0.05) is 6.54 Å². The highest BCUT2D eigenvalue weighted by Gasteiger charge is 2.23. The summed E-state index contributed by atoms with van der Waals surface area (Å²) in [5.41, 5.74) is 2.52. The minimum Gasteiger partial charge on any atom is -0.491 e. The normalized spacial score (nSPS) is 11.4. The summed E-state index contributed by atoms with van der Waals surface area (Å²) < 4.78 is 11.4. The van der Waals surface area contributed by atoms with E-state index in [4.69, 9.17) is 9.47 Å². The number of likely N-dealkylation sites (N-methyl/N-ethyl adjacent to an activating group) is 1. The monoisotopic (exact) mass is 321 g/mol. The van der Waals surface area contributed by atoms with Crippen molar-refractivity contribution in [2.24, 2.45) is 5.92 Å². The lowest BCUT2D eigenvalue weighted by Gasteiger charge is -2.20. The van der Waals surface area contributed by atoms with Gasteiger partial charge in [-0.25, -0.2) is 4.79 Å². The Morgan fingerprint density at radius 3 is 2.35 bits per heavy atom. The number of nitrogens with zero attached hydrogens (tertiary/aromatic N) is 1. The number of aryl methyl sites for hydroxylation is 1. The first-order valence-electron chi connectivity index (χ1n) is 8.32. The lowest BCUT2D eigenvalue weighted by molar-refractivity contribution is 0.0452. The Morgan fingerprint density at radius 1 is 1.17 bits per heavy atom. The number of carbonyl (C=O) groups excluding carboxylic acids is 1. The number of hydrogen-bond donors (Lipinski definition) is 0. The van der Waals surface area contributed by atoms with Crippen LogP contribution < -0.4 is 4.74 Å². The minimum absolute atomic E-state index is 0.230. The molecule has 1 rings (SSSR count). The van der Waals surface area contributed by atoms with Gasteiger partial charge in [0.15, 0.2) is 0 Å². The van der Waals surface area contributed by atoms with Crippen molar-refractivity contribution in [1.82, 2.24) is 4.90 Å². The average molecular weight is 321 g/mol. The van der Waals surface area contributed by atoms with Crippen molar-refractivity contribution >= 4 is 5.97 Å². The molecule has 0 aliphatic rings. The third kappa shape index (κ3) is 5.87. The van der Waals surface area contributed by atoms with Gasteiger partial charge in [-0.05, 0) is 44.0 Å². The lowest BCUT2D eigenvalue weighted by Crippen LogP contribution is -2.21.